The molecule has 0 amide bonds. The third kappa shape index (κ3) is 2.73. The molecule has 102 valence electrons. The van der Waals surface area contributed by atoms with Gasteiger partial charge in [-0.2, -0.15) is 15.6 Å². The van der Waals surface area contributed by atoms with Crippen molar-refractivity contribution in [3.8, 4) is 23.4 Å². The van der Waals surface area contributed by atoms with Crippen LogP contribution in [-0.4, -0.2) is 21.0 Å². The van der Waals surface area contributed by atoms with Crippen molar-refractivity contribution in [2.24, 2.45) is 5.10 Å². The van der Waals surface area contributed by atoms with Crippen LogP contribution in [-0.2, 0) is 6.54 Å². The van der Waals surface area contributed by atoms with E-state index >= 15 is 0 Å². The summed E-state index contributed by atoms with van der Waals surface area (Å²) in [6.07, 6.45) is 2.04. The molecular weight excluding hydrogens is 284 g/mol. The van der Waals surface area contributed by atoms with E-state index in [9.17, 15) is 0 Å². The van der Waals surface area contributed by atoms with Crippen LogP contribution < -0.4 is 5.43 Å². The number of nitrogens with zero attached hydrogens (tertiary/aromatic N) is 5. The van der Waals surface area contributed by atoms with Crippen molar-refractivity contribution in [3.05, 3.63) is 30.5 Å². The first-order valence-corrected chi connectivity index (χ1v) is 7.23. The first kappa shape index (κ1) is 13.2. The average molecular weight is 294 g/mol. The Balaban J connectivity index is 1.85. The van der Waals surface area contributed by atoms with Gasteiger partial charge < -0.3 is 4.57 Å². The van der Waals surface area contributed by atoms with Gasteiger partial charge in [-0.25, -0.2) is 4.98 Å². The smallest absolute Gasteiger partial charge is 0.237 e. The number of rotatable bonds is 3. The molecule has 6 nitrogen and oxygen atoms in total. The van der Waals surface area contributed by atoms with Crippen LogP contribution in [0.2, 0.25) is 0 Å². The van der Waals surface area contributed by atoms with Crippen molar-refractivity contribution in [1.29, 1.82) is 10.5 Å². The summed E-state index contributed by atoms with van der Waals surface area (Å²) in [5.74, 6) is 1.07. The van der Waals surface area contributed by atoms with Crippen LogP contribution in [0, 0.1) is 22.7 Å². The maximum Gasteiger partial charge on any atom is 0.237 e. The highest BCUT2D eigenvalue weighted by Gasteiger charge is 2.15. The number of hydrogen-bond acceptors (Lipinski definition) is 6. The second kappa shape index (κ2) is 5.70. The Morgan fingerprint density at radius 3 is 3.00 bits per heavy atom. The number of nitriles is 2. The van der Waals surface area contributed by atoms with E-state index in [0.29, 0.717) is 5.69 Å². The van der Waals surface area contributed by atoms with Crippen LogP contribution in [0.4, 0.5) is 5.69 Å². The molecule has 0 saturated carbocycles. The van der Waals surface area contributed by atoms with E-state index < -0.39 is 0 Å². The predicted octanol–water partition coefficient (Wildman–Crippen LogP) is 2.47. The molecule has 2 aromatic rings. The Morgan fingerprint density at radius 2 is 2.24 bits per heavy atom. The van der Waals surface area contributed by atoms with E-state index in [4.69, 9.17) is 10.5 Å². The monoisotopic (exact) mass is 294 g/mol. The number of hydrazone groups is 1. The highest BCUT2D eigenvalue weighted by atomic mass is 32.2. The molecule has 0 atom stereocenters. The van der Waals surface area contributed by atoms with Crippen molar-refractivity contribution in [3.63, 3.8) is 0 Å². The summed E-state index contributed by atoms with van der Waals surface area (Å²) in [4.78, 5) is 4.59. The van der Waals surface area contributed by atoms with Crippen molar-refractivity contribution in [2.75, 3.05) is 11.2 Å². The zero-order chi connectivity index (χ0) is 14.7. The van der Waals surface area contributed by atoms with Crippen molar-refractivity contribution < 1.29 is 0 Å². The first-order chi connectivity index (χ1) is 10.3. The molecule has 1 aromatic carbocycles. The predicted molar refractivity (Wildman–Crippen MR) is 80.7 cm³/mol. The molecule has 2 heterocycles. The number of thioether (sulfide) groups is 1. The number of fused-ring (bicyclic) bond motifs is 1. The van der Waals surface area contributed by atoms with Crippen LogP contribution >= 0.6 is 11.8 Å². The largest absolute Gasteiger partial charge is 0.325 e. The third-order valence-electron chi connectivity index (χ3n) is 2.97. The van der Waals surface area contributed by atoms with Gasteiger partial charge in [-0.05, 0) is 12.1 Å². The summed E-state index contributed by atoms with van der Waals surface area (Å²) in [6, 6.07) is 11.0. The fraction of sp³-hybridized carbons (Fsp3) is 0.143. The van der Waals surface area contributed by atoms with Gasteiger partial charge in [-0.1, -0.05) is 23.9 Å². The molecule has 0 fully saturated rings. The second-order valence-corrected chi connectivity index (χ2v) is 5.39. The van der Waals surface area contributed by atoms with E-state index in [0.717, 1.165) is 28.7 Å². The van der Waals surface area contributed by atoms with Gasteiger partial charge in [-0.15, -0.1) is 0 Å². The Bertz CT molecular complexity index is 755. The lowest BCUT2D eigenvalue weighted by Gasteiger charge is -2.02. The van der Waals surface area contributed by atoms with Crippen LogP contribution in [0.1, 0.15) is 0 Å². The first-order valence-electron chi connectivity index (χ1n) is 6.24. The van der Waals surface area contributed by atoms with Crippen LogP contribution in [0.25, 0.3) is 11.3 Å². The Morgan fingerprint density at radius 1 is 1.38 bits per heavy atom. The van der Waals surface area contributed by atoms with Gasteiger partial charge in [-0.3, -0.25) is 5.43 Å². The van der Waals surface area contributed by atoms with Crippen molar-refractivity contribution in [1.82, 2.24) is 9.55 Å². The summed E-state index contributed by atoms with van der Waals surface area (Å²) in [7, 11) is 0. The summed E-state index contributed by atoms with van der Waals surface area (Å²) in [5.41, 5.74) is 5.08. The van der Waals surface area contributed by atoms with Crippen molar-refractivity contribution in [2.45, 2.75) is 11.7 Å². The maximum absolute atomic E-state index is 8.65. The number of nitrogens with one attached hydrogen (secondary N) is 1. The quantitative estimate of drug-likeness (QED) is 0.693. The molecular formula is C14H10N6S. The van der Waals surface area contributed by atoms with E-state index in [1.54, 1.807) is 23.9 Å². The lowest BCUT2D eigenvalue weighted by atomic mass is 10.1. The fourth-order valence-corrected chi connectivity index (χ4v) is 2.94. The summed E-state index contributed by atoms with van der Waals surface area (Å²) in [5, 5.41) is 22.1. The summed E-state index contributed by atoms with van der Waals surface area (Å²) in [6.45, 7) is 0.989. The Kier molecular flexibility index (Phi) is 3.59. The van der Waals surface area contributed by atoms with Gasteiger partial charge in [0.05, 0.1) is 11.4 Å². The normalized spacial score (nSPS) is 12.1. The number of imidazole rings is 1. The van der Waals surface area contributed by atoms with Gasteiger partial charge in [0.2, 0.25) is 5.71 Å². The van der Waals surface area contributed by atoms with Gasteiger partial charge >= 0.3 is 0 Å². The van der Waals surface area contributed by atoms with Crippen LogP contribution in [0.3, 0.4) is 0 Å². The van der Waals surface area contributed by atoms with E-state index in [1.165, 1.54) is 0 Å². The third-order valence-corrected chi connectivity index (χ3v) is 3.94. The van der Waals surface area contributed by atoms with E-state index in [1.807, 2.05) is 30.5 Å². The molecule has 1 aliphatic rings. The topological polar surface area (TPSA) is 89.8 Å². The number of aromatic nitrogens is 2. The Labute approximate surface area is 125 Å². The highest BCUT2D eigenvalue weighted by molar-refractivity contribution is 7.99. The Hall–Kier alpha value is -2.77. The summed E-state index contributed by atoms with van der Waals surface area (Å²) >= 11 is 1.75. The highest BCUT2D eigenvalue weighted by Crippen LogP contribution is 2.29. The molecule has 0 radical (unpaired) electrons. The molecule has 0 spiro atoms. The fourth-order valence-electron chi connectivity index (χ4n) is 1.99. The molecule has 0 bridgehead atoms. The standard InChI is InChI=1S/C14H10N6S/c15-7-12(8-16)19-18-11-3-1-2-10(6-11)13-9-20-4-5-21-14(20)17-13/h1-3,6,9,18H,4-5H2. The molecule has 7 heteroatoms. The minimum atomic E-state index is -0.210. The number of benzene rings is 1. The average Bonchev–Trinajstić information content (AvgIpc) is 3.10. The van der Waals surface area contributed by atoms with E-state index in [2.05, 4.69) is 20.1 Å². The molecule has 0 unspecified atom stereocenters. The van der Waals surface area contributed by atoms with Gasteiger partial charge in [0.1, 0.15) is 12.1 Å². The maximum atomic E-state index is 8.65. The van der Waals surface area contributed by atoms with Gasteiger partial charge in [0.15, 0.2) is 5.16 Å². The van der Waals surface area contributed by atoms with Crippen LogP contribution in [0.15, 0.2) is 40.7 Å². The molecule has 0 saturated heterocycles. The lowest BCUT2D eigenvalue weighted by molar-refractivity contribution is 0.719. The second-order valence-electron chi connectivity index (χ2n) is 4.33. The number of anilines is 1. The van der Waals surface area contributed by atoms with Gasteiger partial charge in [0.25, 0.3) is 0 Å². The minimum Gasteiger partial charge on any atom is -0.325 e. The zero-order valence-electron chi connectivity index (χ0n) is 10.9. The molecule has 3 rings (SSSR count). The van der Waals surface area contributed by atoms with Gasteiger partial charge in [0, 0.05) is 24.1 Å². The van der Waals surface area contributed by atoms with Crippen LogP contribution in [0.5, 0.6) is 0 Å². The number of aryl methyl sites for hydroxylation is 1. The summed E-state index contributed by atoms with van der Waals surface area (Å²) < 4.78 is 2.14. The molecule has 21 heavy (non-hydrogen) atoms. The zero-order valence-corrected chi connectivity index (χ0v) is 11.8. The lowest BCUT2D eigenvalue weighted by Crippen LogP contribution is -1.96. The molecule has 0 aliphatic carbocycles. The molecule has 1 aromatic heterocycles. The van der Waals surface area contributed by atoms with Crippen molar-refractivity contribution >= 4 is 23.2 Å². The SMILES string of the molecule is N#CC(C#N)=NNc1cccc(-c2cn3c(n2)SCC3)c1. The number of hydrogen-bond donors (Lipinski definition) is 1. The minimum absolute atomic E-state index is 0.210. The molecule has 1 N–H and O–H groups in total. The van der Waals surface area contributed by atoms with E-state index in [-0.39, 0.29) is 5.71 Å². The molecule has 1 aliphatic heterocycles.